The molecule has 0 spiro atoms. The Balaban J connectivity index is 3.11. The summed E-state index contributed by atoms with van der Waals surface area (Å²) in [6, 6.07) is -0.241. The minimum absolute atomic E-state index is 0.241. The van der Waals surface area contributed by atoms with Gasteiger partial charge in [0.2, 0.25) is 0 Å². The highest BCUT2D eigenvalue weighted by Gasteiger charge is 1.99. The van der Waals surface area contributed by atoms with Crippen molar-refractivity contribution in [3.63, 3.8) is 0 Å². The molecule has 186 valence electrons. The Morgan fingerprint density at radius 1 is 0.548 bits per heavy atom. The molecule has 0 aromatic heterocycles. The molecule has 0 bridgehead atoms. The first kappa shape index (κ1) is 29.9. The number of carbonyl (C=O) groups is 1. The van der Waals surface area contributed by atoms with Crippen molar-refractivity contribution in [1.82, 2.24) is 10.6 Å². The molecule has 31 heavy (non-hydrogen) atoms. The maximum Gasteiger partial charge on any atom is 0.314 e. The van der Waals surface area contributed by atoms with E-state index in [2.05, 4.69) is 17.6 Å². The highest BCUT2D eigenvalue weighted by molar-refractivity contribution is 5.73. The number of rotatable bonds is 25. The van der Waals surface area contributed by atoms with Crippen molar-refractivity contribution >= 4 is 6.03 Å². The fourth-order valence-corrected chi connectivity index (χ4v) is 2.07. The zero-order valence-corrected chi connectivity index (χ0v) is 19.1. The highest BCUT2D eigenvalue weighted by Crippen LogP contribution is 1.84. The minimum Gasteiger partial charge on any atom is -0.379 e. The predicted octanol–water partition coefficient (Wildman–Crippen LogP) is -0.229. The van der Waals surface area contributed by atoms with Crippen LogP contribution in [-0.2, 0) is 33.2 Å². The third kappa shape index (κ3) is 26.9. The van der Waals surface area contributed by atoms with Crippen LogP contribution < -0.4 is 16.4 Å². The fourth-order valence-electron chi connectivity index (χ4n) is 2.07. The van der Waals surface area contributed by atoms with Crippen LogP contribution in [0.25, 0.3) is 0 Å². The Kier molecular flexibility index (Phi) is 26.1. The number of ether oxygens (including phenoxy) is 7. The molecule has 11 nitrogen and oxygen atoms in total. The molecule has 0 saturated carbocycles. The van der Waals surface area contributed by atoms with E-state index in [0.717, 1.165) is 13.0 Å². The summed E-state index contributed by atoms with van der Waals surface area (Å²) in [6.45, 7) is 10.8. The molecule has 0 heterocycles. The van der Waals surface area contributed by atoms with Gasteiger partial charge in [-0.05, 0) is 6.42 Å². The maximum absolute atomic E-state index is 11.6. The van der Waals surface area contributed by atoms with Gasteiger partial charge < -0.3 is 49.5 Å². The van der Waals surface area contributed by atoms with Crippen LogP contribution in [0.5, 0.6) is 0 Å². The van der Waals surface area contributed by atoms with Crippen LogP contribution in [0.2, 0.25) is 0 Å². The molecule has 0 unspecified atom stereocenters. The summed E-state index contributed by atoms with van der Waals surface area (Å²) in [5, 5.41) is 5.42. The monoisotopic (exact) mass is 453 g/mol. The van der Waals surface area contributed by atoms with E-state index in [0.29, 0.717) is 106 Å². The lowest BCUT2D eigenvalue weighted by Crippen LogP contribution is -2.39. The molecule has 0 atom stereocenters. The Morgan fingerprint density at radius 3 is 1.23 bits per heavy atom. The molecule has 0 fully saturated rings. The SMILES string of the molecule is CCCOCCOCCNC(=O)NCCOCCOCCOCCOCCOCCN. The summed E-state index contributed by atoms with van der Waals surface area (Å²) in [5.74, 6) is 0. The normalized spacial score (nSPS) is 11.0. The van der Waals surface area contributed by atoms with Crippen molar-refractivity contribution in [1.29, 1.82) is 0 Å². The van der Waals surface area contributed by atoms with Crippen LogP contribution in [0.3, 0.4) is 0 Å². The second-order valence-corrected chi connectivity index (χ2v) is 6.26. The van der Waals surface area contributed by atoms with Gasteiger partial charge in [0.05, 0.1) is 85.9 Å². The number of hydrogen-bond acceptors (Lipinski definition) is 9. The van der Waals surface area contributed by atoms with Crippen molar-refractivity contribution in [3.8, 4) is 0 Å². The van der Waals surface area contributed by atoms with E-state index in [1.807, 2.05) is 0 Å². The Bertz CT molecular complexity index is 367. The summed E-state index contributed by atoms with van der Waals surface area (Å²) in [7, 11) is 0. The van der Waals surface area contributed by atoms with Crippen LogP contribution in [0.4, 0.5) is 4.79 Å². The zero-order valence-electron chi connectivity index (χ0n) is 19.1. The summed E-state index contributed by atoms with van der Waals surface area (Å²) in [4.78, 5) is 11.6. The van der Waals surface area contributed by atoms with E-state index in [-0.39, 0.29) is 6.03 Å². The van der Waals surface area contributed by atoms with Crippen molar-refractivity contribution in [2.24, 2.45) is 5.73 Å². The lowest BCUT2D eigenvalue weighted by atomic mass is 10.5. The Hall–Kier alpha value is -1.05. The number of urea groups is 1. The average molecular weight is 454 g/mol. The first-order valence-electron chi connectivity index (χ1n) is 11.1. The van der Waals surface area contributed by atoms with E-state index in [4.69, 9.17) is 38.9 Å². The van der Waals surface area contributed by atoms with Gasteiger partial charge in [-0.25, -0.2) is 4.79 Å². The standard InChI is InChI=1S/C20H43N3O8/c1-2-6-25-10-12-27-8-4-22-20(24)23-5-9-28-13-15-30-17-19-31-18-16-29-14-11-26-7-3-21/h2-19,21H2,1H3,(H2,22,23,24). The van der Waals surface area contributed by atoms with Crippen LogP contribution in [0, 0.1) is 0 Å². The highest BCUT2D eigenvalue weighted by atomic mass is 16.6. The van der Waals surface area contributed by atoms with Crippen molar-refractivity contribution in [3.05, 3.63) is 0 Å². The van der Waals surface area contributed by atoms with E-state index in [1.54, 1.807) is 0 Å². The number of nitrogens with two attached hydrogens (primary N) is 1. The molecule has 11 heteroatoms. The molecule has 0 aliphatic heterocycles. The van der Waals surface area contributed by atoms with Gasteiger partial charge in [-0.15, -0.1) is 0 Å². The van der Waals surface area contributed by atoms with Gasteiger partial charge in [-0.3, -0.25) is 0 Å². The summed E-state index contributed by atoms with van der Waals surface area (Å²) < 4.78 is 37.3. The third-order valence-corrected chi connectivity index (χ3v) is 3.53. The molecule has 0 aromatic carbocycles. The topological polar surface area (TPSA) is 132 Å². The molecule has 0 aromatic rings. The fraction of sp³-hybridized carbons (Fsp3) is 0.950. The Morgan fingerprint density at radius 2 is 0.871 bits per heavy atom. The van der Waals surface area contributed by atoms with Crippen LogP contribution >= 0.6 is 0 Å². The lowest BCUT2D eigenvalue weighted by Gasteiger charge is -2.09. The molecule has 0 saturated heterocycles. The second-order valence-electron chi connectivity index (χ2n) is 6.26. The molecule has 0 aliphatic carbocycles. The average Bonchev–Trinajstić information content (AvgIpc) is 2.77. The number of amides is 2. The van der Waals surface area contributed by atoms with Gasteiger partial charge in [0.15, 0.2) is 0 Å². The molecular weight excluding hydrogens is 410 g/mol. The molecule has 0 radical (unpaired) electrons. The Labute approximate surface area is 186 Å². The van der Waals surface area contributed by atoms with Crippen molar-refractivity contribution < 1.29 is 38.0 Å². The number of hydrogen-bond donors (Lipinski definition) is 3. The van der Waals surface area contributed by atoms with Crippen molar-refractivity contribution in [2.45, 2.75) is 13.3 Å². The summed E-state index contributed by atoms with van der Waals surface area (Å²) >= 11 is 0. The van der Waals surface area contributed by atoms with Crippen LogP contribution in [0.15, 0.2) is 0 Å². The summed E-state index contributed by atoms with van der Waals surface area (Å²) in [6.07, 6.45) is 0.998. The first-order chi connectivity index (χ1) is 15.3. The predicted molar refractivity (Wildman–Crippen MR) is 116 cm³/mol. The van der Waals surface area contributed by atoms with Gasteiger partial charge in [-0.1, -0.05) is 6.92 Å². The largest absolute Gasteiger partial charge is 0.379 e. The maximum atomic E-state index is 11.6. The van der Waals surface area contributed by atoms with Crippen LogP contribution in [0.1, 0.15) is 13.3 Å². The molecule has 0 rings (SSSR count). The van der Waals surface area contributed by atoms with E-state index >= 15 is 0 Å². The van der Waals surface area contributed by atoms with Gasteiger partial charge in [0, 0.05) is 26.2 Å². The van der Waals surface area contributed by atoms with Gasteiger partial charge in [0.1, 0.15) is 0 Å². The second kappa shape index (κ2) is 27.0. The summed E-state index contributed by atoms with van der Waals surface area (Å²) in [5.41, 5.74) is 5.31. The van der Waals surface area contributed by atoms with Gasteiger partial charge in [0.25, 0.3) is 0 Å². The van der Waals surface area contributed by atoms with Crippen LogP contribution in [-0.4, -0.2) is 118 Å². The van der Waals surface area contributed by atoms with E-state index < -0.39 is 0 Å². The number of nitrogens with one attached hydrogen (secondary N) is 2. The first-order valence-corrected chi connectivity index (χ1v) is 11.1. The molecule has 0 aliphatic rings. The minimum atomic E-state index is -0.241. The number of carbonyl (C=O) groups excluding carboxylic acids is 1. The zero-order chi connectivity index (χ0) is 22.7. The van der Waals surface area contributed by atoms with E-state index in [1.165, 1.54) is 0 Å². The van der Waals surface area contributed by atoms with Gasteiger partial charge in [-0.2, -0.15) is 0 Å². The smallest absolute Gasteiger partial charge is 0.314 e. The lowest BCUT2D eigenvalue weighted by molar-refractivity contribution is -0.0102. The third-order valence-electron chi connectivity index (χ3n) is 3.53. The quantitative estimate of drug-likeness (QED) is 0.160. The van der Waals surface area contributed by atoms with Gasteiger partial charge >= 0.3 is 6.03 Å². The molecule has 4 N–H and O–H groups in total. The van der Waals surface area contributed by atoms with E-state index in [9.17, 15) is 4.79 Å². The molecule has 2 amide bonds. The van der Waals surface area contributed by atoms with Crippen molar-refractivity contribution in [2.75, 3.05) is 112 Å². The molecular formula is C20H43N3O8.